The average molecular weight is 502 g/mol. The Balaban J connectivity index is 2.05. The van der Waals surface area contributed by atoms with Gasteiger partial charge in [-0.25, -0.2) is 8.78 Å². The number of fused-ring (bicyclic) bond motifs is 1. The molecule has 2 aromatic rings. The highest BCUT2D eigenvalue weighted by Gasteiger charge is 2.25. The van der Waals surface area contributed by atoms with Crippen molar-refractivity contribution in [1.82, 2.24) is 9.80 Å². The molecule has 0 fully saturated rings. The SMILES string of the molecule is CCOc1cccc(C(=O)N2CCCN(C(C)C)CCCN(C(=O)CC)c3cc(F)c(F)cc3C2)c1. The zero-order valence-electron chi connectivity index (χ0n) is 21.7. The first kappa shape index (κ1) is 27.6. The number of nitrogens with zero attached hydrogens (tertiary/aromatic N) is 3. The van der Waals surface area contributed by atoms with Gasteiger partial charge in [0.05, 0.1) is 12.3 Å². The van der Waals surface area contributed by atoms with Crippen LogP contribution in [0.2, 0.25) is 0 Å². The van der Waals surface area contributed by atoms with E-state index in [0.29, 0.717) is 54.7 Å². The fourth-order valence-corrected chi connectivity index (χ4v) is 4.58. The maximum atomic E-state index is 14.4. The Morgan fingerprint density at radius 2 is 1.67 bits per heavy atom. The zero-order valence-corrected chi connectivity index (χ0v) is 21.7. The summed E-state index contributed by atoms with van der Waals surface area (Å²) < 4.78 is 34.4. The number of hydrogen-bond acceptors (Lipinski definition) is 4. The second-order valence-corrected chi connectivity index (χ2v) is 9.32. The quantitative estimate of drug-likeness (QED) is 0.561. The normalized spacial score (nSPS) is 15.8. The third-order valence-corrected chi connectivity index (χ3v) is 6.49. The van der Waals surface area contributed by atoms with Gasteiger partial charge in [-0.3, -0.25) is 9.59 Å². The molecule has 0 spiro atoms. The summed E-state index contributed by atoms with van der Waals surface area (Å²) in [5, 5.41) is 0. The first-order valence-corrected chi connectivity index (χ1v) is 12.8. The van der Waals surface area contributed by atoms with Crippen molar-refractivity contribution in [3.8, 4) is 5.75 Å². The molecule has 3 rings (SSSR count). The van der Waals surface area contributed by atoms with Gasteiger partial charge in [-0.05, 0) is 63.4 Å². The molecular formula is C28H37F2N3O3. The average Bonchev–Trinajstić information content (AvgIpc) is 2.85. The van der Waals surface area contributed by atoms with E-state index in [1.807, 2.05) is 6.92 Å². The van der Waals surface area contributed by atoms with Crippen LogP contribution in [0.25, 0.3) is 0 Å². The molecule has 36 heavy (non-hydrogen) atoms. The summed E-state index contributed by atoms with van der Waals surface area (Å²) in [4.78, 5) is 32.0. The fraction of sp³-hybridized carbons (Fsp3) is 0.500. The Morgan fingerprint density at radius 3 is 2.33 bits per heavy atom. The molecule has 0 radical (unpaired) electrons. The summed E-state index contributed by atoms with van der Waals surface area (Å²) in [6.07, 6.45) is 1.67. The van der Waals surface area contributed by atoms with Crippen molar-refractivity contribution >= 4 is 17.5 Å². The van der Waals surface area contributed by atoms with Gasteiger partial charge >= 0.3 is 0 Å². The molecule has 0 N–H and O–H groups in total. The lowest BCUT2D eigenvalue weighted by Gasteiger charge is -2.33. The van der Waals surface area contributed by atoms with Crippen LogP contribution in [0.4, 0.5) is 14.5 Å². The van der Waals surface area contributed by atoms with Crippen molar-refractivity contribution in [2.45, 2.75) is 59.5 Å². The molecule has 1 heterocycles. The van der Waals surface area contributed by atoms with Crippen LogP contribution in [0.15, 0.2) is 36.4 Å². The monoisotopic (exact) mass is 501 g/mol. The minimum absolute atomic E-state index is 0.0550. The minimum Gasteiger partial charge on any atom is -0.494 e. The van der Waals surface area contributed by atoms with Crippen LogP contribution < -0.4 is 9.64 Å². The topological polar surface area (TPSA) is 53.1 Å². The molecular weight excluding hydrogens is 464 g/mol. The van der Waals surface area contributed by atoms with Crippen LogP contribution >= 0.6 is 0 Å². The molecule has 2 amide bonds. The predicted molar refractivity (Wildman–Crippen MR) is 137 cm³/mol. The molecule has 0 bridgehead atoms. The van der Waals surface area contributed by atoms with Gasteiger partial charge in [0, 0.05) is 56.8 Å². The highest BCUT2D eigenvalue weighted by atomic mass is 19.2. The van der Waals surface area contributed by atoms with Crippen LogP contribution in [0.1, 0.15) is 62.9 Å². The second kappa shape index (κ2) is 12.8. The van der Waals surface area contributed by atoms with Crippen LogP contribution in [-0.4, -0.2) is 60.4 Å². The summed E-state index contributed by atoms with van der Waals surface area (Å²) in [6, 6.07) is 9.47. The number of carbonyl (C=O) groups is 2. The maximum Gasteiger partial charge on any atom is 0.254 e. The Bertz CT molecular complexity index is 1060. The van der Waals surface area contributed by atoms with Crippen LogP contribution in [0.5, 0.6) is 5.75 Å². The molecule has 0 atom stereocenters. The third kappa shape index (κ3) is 6.81. The lowest BCUT2D eigenvalue weighted by atomic mass is 10.1. The minimum atomic E-state index is -1.01. The van der Waals surface area contributed by atoms with E-state index in [4.69, 9.17) is 4.74 Å². The van der Waals surface area contributed by atoms with E-state index in [1.54, 1.807) is 36.1 Å². The summed E-state index contributed by atoms with van der Waals surface area (Å²) in [5.74, 6) is -1.81. The molecule has 1 aliphatic rings. The maximum absolute atomic E-state index is 14.4. The molecule has 0 saturated heterocycles. The Morgan fingerprint density at radius 1 is 0.972 bits per heavy atom. The van der Waals surface area contributed by atoms with E-state index >= 15 is 0 Å². The molecule has 0 aromatic heterocycles. The third-order valence-electron chi connectivity index (χ3n) is 6.49. The van der Waals surface area contributed by atoms with Crippen LogP contribution in [0.3, 0.4) is 0 Å². The molecule has 0 unspecified atom stereocenters. The van der Waals surface area contributed by atoms with Crippen molar-refractivity contribution in [1.29, 1.82) is 0 Å². The molecule has 6 nitrogen and oxygen atoms in total. The molecule has 0 saturated carbocycles. The first-order valence-electron chi connectivity index (χ1n) is 12.8. The predicted octanol–water partition coefficient (Wildman–Crippen LogP) is 5.25. The number of ether oxygens (including phenoxy) is 1. The van der Waals surface area contributed by atoms with E-state index in [2.05, 4.69) is 18.7 Å². The summed E-state index contributed by atoms with van der Waals surface area (Å²) in [6.45, 7) is 10.8. The summed E-state index contributed by atoms with van der Waals surface area (Å²) in [5.41, 5.74) is 1.18. The van der Waals surface area contributed by atoms with E-state index < -0.39 is 11.6 Å². The van der Waals surface area contributed by atoms with Gasteiger partial charge in [0.25, 0.3) is 5.91 Å². The number of hydrogen-bond donors (Lipinski definition) is 0. The van der Waals surface area contributed by atoms with Crippen LogP contribution in [0, 0.1) is 11.6 Å². The summed E-state index contributed by atoms with van der Waals surface area (Å²) in [7, 11) is 0. The Labute approximate surface area is 212 Å². The first-order chi connectivity index (χ1) is 17.2. The van der Waals surface area contributed by atoms with Gasteiger partial charge in [0.1, 0.15) is 5.75 Å². The smallest absolute Gasteiger partial charge is 0.254 e. The van der Waals surface area contributed by atoms with Crippen molar-refractivity contribution in [2.24, 2.45) is 0 Å². The molecule has 8 heteroatoms. The van der Waals surface area contributed by atoms with Gasteiger partial charge in [-0.1, -0.05) is 13.0 Å². The van der Waals surface area contributed by atoms with Crippen molar-refractivity contribution in [3.63, 3.8) is 0 Å². The van der Waals surface area contributed by atoms with Crippen molar-refractivity contribution < 1.29 is 23.1 Å². The van der Waals surface area contributed by atoms with Gasteiger partial charge in [-0.15, -0.1) is 0 Å². The lowest BCUT2D eigenvalue weighted by Crippen LogP contribution is -2.40. The number of amides is 2. The van der Waals surface area contributed by atoms with E-state index in [-0.39, 0.29) is 24.8 Å². The number of carbonyl (C=O) groups excluding carboxylic acids is 2. The van der Waals surface area contributed by atoms with E-state index in [9.17, 15) is 18.4 Å². The molecule has 1 aliphatic heterocycles. The summed E-state index contributed by atoms with van der Waals surface area (Å²) >= 11 is 0. The largest absolute Gasteiger partial charge is 0.494 e. The van der Waals surface area contributed by atoms with E-state index in [1.165, 1.54) is 4.90 Å². The number of benzene rings is 2. The van der Waals surface area contributed by atoms with Crippen molar-refractivity contribution in [2.75, 3.05) is 37.7 Å². The highest BCUT2D eigenvalue weighted by Crippen LogP contribution is 2.28. The Hall–Kier alpha value is -3.00. The van der Waals surface area contributed by atoms with Gasteiger partial charge in [0.15, 0.2) is 11.6 Å². The highest BCUT2D eigenvalue weighted by molar-refractivity contribution is 5.96. The number of halogens is 2. The van der Waals surface area contributed by atoms with Gasteiger partial charge < -0.3 is 19.4 Å². The number of rotatable bonds is 5. The van der Waals surface area contributed by atoms with Gasteiger partial charge in [-0.2, -0.15) is 0 Å². The van der Waals surface area contributed by atoms with Gasteiger partial charge in [0.2, 0.25) is 5.91 Å². The zero-order chi connectivity index (χ0) is 26.2. The van der Waals surface area contributed by atoms with Crippen molar-refractivity contribution in [3.05, 3.63) is 59.2 Å². The lowest BCUT2D eigenvalue weighted by molar-refractivity contribution is -0.118. The van der Waals surface area contributed by atoms with E-state index in [0.717, 1.165) is 31.6 Å². The molecule has 196 valence electrons. The number of anilines is 1. The second-order valence-electron chi connectivity index (χ2n) is 9.32. The fourth-order valence-electron chi connectivity index (χ4n) is 4.58. The Kier molecular flexibility index (Phi) is 9.81. The molecule has 0 aliphatic carbocycles. The standard InChI is InChI=1S/C28H37F2N3O3/c1-5-27(34)33-15-9-13-31(20(3)4)12-8-14-32(19-22-17-24(29)25(30)18-26(22)33)28(35)21-10-7-11-23(16-21)36-6-2/h7,10-11,16-18,20H,5-6,8-9,12-15,19H2,1-4H3. The molecule has 2 aromatic carbocycles. The van der Waals surface area contributed by atoms with Crippen LogP contribution in [-0.2, 0) is 11.3 Å².